The third-order valence-electron chi connectivity index (χ3n) is 4.50. The average Bonchev–Trinajstić information content (AvgIpc) is 2.57. The van der Waals surface area contributed by atoms with Gasteiger partial charge in [0.15, 0.2) is 0 Å². The number of anilines is 1. The Kier molecular flexibility index (Phi) is 6.96. The van der Waals surface area contributed by atoms with Crippen LogP contribution in [0.5, 0.6) is 5.75 Å². The van der Waals surface area contributed by atoms with Crippen LogP contribution in [-0.4, -0.2) is 43.8 Å². The van der Waals surface area contributed by atoms with E-state index < -0.39 is 5.41 Å². The number of nitrogens with zero attached hydrogens (tertiary/aromatic N) is 2. The van der Waals surface area contributed by atoms with Gasteiger partial charge >= 0.3 is 5.97 Å². The lowest BCUT2D eigenvalue weighted by atomic mass is 9.97. The van der Waals surface area contributed by atoms with E-state index in [9.17, 15) is 4.79 Å². The first-order valence-electron chi connectivity index (χ1n) is 8.83. The summed E-state index contributed by atoms with van der Waals surface area (Å²) >= 11 is 2.29. The maximum atomic E-state index is 12.0. The Labute approximate surface area is 164 Å². The minimum absolute atomic E-state index is 0.166. The van der Waals surface area contributed by atoms with Crippen molar-refractivity contribution in [1.29, 1.82) is 0 Å². The molecule has 140 valence electrons. The zero-order valence-corrected chi connectivity index (χ0v) is 18.0. The molecule has 1 saturated heterocycles. The second kappa shape index (κ2) is 8.58. The lowest BCUT2D eigenvalue weighted by Gasteiger charge is -2.39. The minimum Gasteiger partial charge on any atom is -0.496 e. The fourth-order valence-electron chi connectivity index (χ4n) is 2.98. The van der Waals surface area contributed by atoms with Gasteiger partial charge in [0.25, 0.3) is 0 Å². The van der Waals surface area contributed by atoms with Crippen molar-refractivity contribution in [2.24, 2.45) is 5.41 Å². The standard InChI is InChI=1S/C19H29IN2O3/c1-6-22(15-7-8-16(20)17(13-15)24-5)14-9-11-21(12-10-14)25-18(23)19(2,3)4/h7-8,13-14H,6,9-12H2,1-5H3. The molecule has 5 nitrogen and oxygen atoms in total. The average molecular weight is 460 g/mol. The smallest absolute Gasteiger partial charge is 0.330 e. The summed E-state index contributed by atoms with van der Waals surface area (Å²) in [5.74, 6) is 0.744. The number of hydroxylamine groups is 2. The molecule has 0 saturated carbocycles. The van der Waals surface area contributed by atoms with Crippen molar-refractivity contribution >= 4 is 34.2 Å². The minimum atomic E-state index is -0.468. The Bertz CT molecular complexity index is 593. The zero-order valence-electron chi connectivity index (χ0n) is 15.8. The molecule has 2 rings (SSSR count). The first kappa shape index (κ1) is 20.3. The molecule has 1 aromatic rings. The van der Waals surface area contributed by atoms with Gasteiger partial charge in [-0.05, 0) is 75.3 Å². The molecule has 0 radical (unpaired) electrons. The first-order chi connectivity index (χ1) is 11.8. The second-order valence-corrected chi connectivity index (χ2v) is 8.56. The van der Waals surface area contributed by atoms with Crippen LogP contribution in [0.2, 0.25) is 0 Å². The zero-order chi connectivity index (χ0) is 18.6. The number of hydrogen-bond donors (Lipinski definition) is 0. The molecule has 0 N–H and O–H groups in total. The molecule has 25 heavy (non-hydrogen) atoms. The van der Waals surface area contributed by atoms with E-state index in [2.05, 4.69) is 52.6 Å². The number of ether oxygens (including phenoxy) is 1. The quantitative estimate of drug-likeness (QED) is 0.620. The van der Waals surface area contributed by atoms with Crippen LogP contribution in [0.1, 0.15) is 40.5 Å². The summed E-state index contributed by atoms with van der Waals surface area (Å²) in [6.45, 7) is 10.3. The molecule has 6 heteroatoms. The van der Waals surface area contributed by atoms with Gasteiger partial charge in [-0.2, -0.15) is 0 Å². The number of hydrogen-bond acceptors (Lipinski definition) is 5. The van der Waals surface area contributed by atoms with Gasteiger partial charge in [0, 0.05) is 37.4 Å². The van der Waals surface area contributed by atoms with Crippen LogP contribution in [0, 0.1) is 8.99 Å². The van der Waals surface area contributed by atoms with E-state index in [1.807, 2.05) is 25.8 Å². The molecule has 0 spiro atoms. The van der Waals surface area contributed by atoms with Crippen molar-refractivity contribution in [3.05, 3.63) is 21.8 Å². The predicted molar refractivity (Wildman–Crippen MR) is 109 cm³/mol. The summed E-state index contributed by atoms with van der Waals surface area (Å²) in [5.41, 5.74) is 0.717. The van der Waals surface area contributed by atoms with Crippen molar-refractivity contribution in [1.82, 2.24) is 5.06 Å². The highest BCUT2D eigenvalue weighted by molar-refractivity contribution is 14.1. The molecule has 0 atom stereocenters. The Morgan fingerprint density at radius 1 is 1.32 bits per heavy atom. The van der Waals surface area contributed by atoms with Crippen LogP contribution in [0.25, 0.3) is 0 Å². The van der Waals surface area contributed by atoms with Gasteiger partial charge in [0.1, 0.15) is 5.75 Å². The van der Waals surface area contributed by atoms with Crippen LogP contribution in [-0.2, 0) is 9.63 Å². The van der Waals surface area contributed by atoms with E-state index in [0.29, 0.717) is 6.04 Å². The number of carbonyl (C=O) groups excluding carboxylic acids is 1. The van der Waals surface area contributed by atoms with Crippen LogP contribution in [0.3, 0.4) is 0 Å². The van der Waals surface area contributed by atoms with Gasteiger partial charge in [-0.25, -0.2) is 4.79 Å². The monoisotopic (exact) mass is 460 g/mol. The van der Waals surface area contributed by atoms with E-state index >= 15 is 0 Å². The summed E-state index contributed by atoms with van der Waals surface area (Å²) in [7, 11) is 1.71. The summed E-state index contributed by atoms with van der Waals surface area (Å²) in [4.78, 5) is 20.0. The van der Waals surface area contributed by atoms with E-state index in [4.69, 9.17) is 9.57 Å². The summed E-state index contributed by atoms with van der Waals surface area (Å²) < 4.78 is 6.58. The molecule has 1 aromatic carbocycles. The highest BCUT2D eigenvalue weighted by Crippen LogP contribution is 2.30. The Balaban J connectivity index is 1.99. The fraction of sp³-hybridized carbons (Fsp3) is 0.632. The maximum absolute atomic E-state index is 12.0. The van der Waals surface area contributed by atoms with Gasteiger partial charge in [-0.15, -0.1) is 5.06 Å². The summed E-state index contributed by atoms with van der Waals surface area (Å²) in [6, 6.07) is 6.80. The molecule has 0 unspecified atom stereocenters. The Morgan fingerprint density at radius 2 is 1.96 bits per heavy atom. The van der Waals surface area contributed by atoms with Crippen molar-refractivity contribution in [3.8, 4) is 5.75 Å². The SMILES string of the molecule is CCN(c1ccc(I)c(OC)c1)C1CCN(OC(=O)C(C)(C)C)CC1. The number of halogens is 1. The van der Waals surface area contributed by atoms with E-state index in [1.165, 1.54) is 5.69 Å². The molecule has 1 fully saturated rings. The number of rotatable bonds is 5. The van der Waals surface area contributed by atoms with Crippen LogP contribution < -0.4 is 9.64 Å². The fourth-order valence-corrected chi connectivity index (χ4v) is 3.53. The van der Waals surface area contributed by atoms with E-state index in [-0.39, 0.29) is 5.97 Å². The van der Waals surface area contributed by atoms with Crippen LogP contribution >= 0.6 is 22.6 Å². The van der Waals surface area contributed by atoms with E-state index in [1.54, 1.807) is 7.11 Å². The van der Waals surface area contributed by atoms with Crippen LogP contribution in [0.4, 0.5) is 5.69 Å². The molecule has 0 aliphatic carbocycles. The lowest BCUT2D eigenvalue weighted by molar-refractivity contribution is -0.204. The normalized spacial score (nSPS) is 16.6. The molecule has 1 heterocycles. The third kappa shape index (κ3) is 5.23. The lowest BCUT2D eigenvalue weighted by Crippen LogP contribution is -2.46. The van der Waals surface area contributed by atoms with Crippen molar-refractivity contribution < 1.29 is 14.4 Å². The van der Waals surface area contributed by atoms with Crippen LogP contribution in [0.15, 0.2) is 18.2 Å². The van der Waals surface area contributed by atoms with Gasteiger partial charge in [0.2, 0.25) is 0 Å². The number of methoxy groups -OCH3 is 1. The third-order valence-corrected chi connectivity index (χ3v) is 5.39. The largest absolute Gasteiger partial charge is 0.496 e. The van der Waals surface area contributed by atoms with Crippen molar-refractivity contribution in [2.45, 2.75) is 46.6 Å². The van der Waals surface area contributed by atoms with Gasteiger partial charge in [0.05, 0.1) is 16.1 Å². The number of carbonyl (C=O) groups is 1. The maximum Gasteiger partial charge on any atom is 0.330 e. The summed E-state index contributed by atoms with van der Waals surface area (Å²) in [6.07, 6.45) is 1.94. The van der Waals surface area contributed by atoms with Gasteiger partial charge in [-0.3, -0.25) is 0 Å². The topological polar surface area (TPSA) is 42.0 Å². The molecule has 0 amide bonds. The predicted octanol–water partition coefficient (Wildman–Crippen LogP) is 4.09. The first-order valence-corrected chi connectivity index (χ1v) is 9.91. The second-order valence-electron chi connectivity index (χ2n) is 7.39. The van der Waals surface area contributed by atoms with Crippen molar-refractivity contribution in [2.75, 3.05) is 31.6 Å². The number of piperidine rings is 1. The molecule has 1 aliphatic rings. The molecule has 0 aromatic heterocycles. The van der Waals surface area contributed by atoms with Crippen molar-refractivity contribution in [3.63, 3.8) is 0 Å². The Hall–Kier alpha value is -1.02. The molecular weight excluding hydrogens is 431 g/mol. The molecule has 0 bridgehead atoms. The highest BCUT2D eigenvalue weighted by Gasteiger charge is 2.30. The summed E-state index contributed by atoms with van der Waals surface area (Å²) in [5, 5.41) is 1.81. The number of benzene rings is 1. The highest BCUT2D eigenvalue weighted by atomic mass is 127. The molecular formula is C19H29IN2O3. The molecule has 1 aliphatic heterocycles. The van der Waals surface area contributed by atoms with Gasteiger partial charge in [-0.1, -0.05) is 0 Å². The van der Waals surface area contributed by atoms with E-state index in [0.717, 1.165) is 41.8 Å². The van der Waals surface area contributed by atoms with Gasteiger partial charge < -0.3 is 14.5 Å². The Morgan fingerprint density at radius 3 is 2.48 bits per heavy atom.